The molecule has 0 saturated carbocycles. The summed E-state index contributed by atoms with van der Waals surface area (Å²) in [4.78, 5) is 0. The van der Waals surface area contributed by atoms with Crippen LogP contribution in [-0.4, -0.2) is 50.1 Å². The number of ether oxygens (including phenoxy) is 2. The van der Waals surface area contributed by atoms with Crippen molar-refractivity contribution in [2.24, 2.45) is 5.92 Å². The number of rotatable bonds is 8. The van der Waals surface area contributed by atoms with Gasteiger partial charge in [0.2, 0.25) is 0 Å². The van der Waals surface area contributed by atoms with Gasteiger partial charge in [-0.3, -0.25) is 0 Å². The molecular formula is C26H34FNO4S2. The summed E-state index contributed by atoms with van der Waals surface area (Å²) in [6, 6.07) is 15.8. The van der Waals surface area contributed by atoms with Gasteiger partial charge in [-0.15, -0.1) is 0 Å². The average Bonchev–Trinajstić information content (AvgIpc) is 2.82. The molecule has 2 aliphatic rings. The van der Waals surface area contributed by atoms with Crippen LogP contribution in [0.1, 0.15) is 49.0 Å². The highest BCUT2D eigenvalue weighted by Gasteiger charge is 2.30. The molecule has 34 heavy (non-hydrogen) atoms. The van der Waals surface area contributed by atoms with Gasteiger partial charge in [-0.1, -0.05) is 48.3 Å². The highest BCUT2D eigenvalue weighted by molar-refractivity contribution is 7.97. The Kier molecular flexibility index (Phi) is 8.56. The first-order valence-corrected chi connectivity index (χ1v) is 14.9. The molecule has 2 aromatic carbocycles. The van der Waals surface area contributed by atoms with Crippen LogP contribution >= 0.6 is 11.9 Å². The molecule has 2 aromatic rings. The van der Waals surface area contributed by atoms with Crippen LogP contribution in [0.3, 0.4) is 0 Å². The first-order valence-electron chi connectivity index (χ1n) is 12.0. The van der Waals surface area contributed by atoms with Crippen molar-refractivity contribution in [3.63, 3.8) is 0 Å². The molecule has 0 radical (unpaired) electrons. The van der Waals surface area contributed by atoms with E-state index in [1.807, 2.05) is 6.07 Å². The Morgan fingerprint density at radius 2 is 1.85 bits per heavy atom. The molecule has 2 heterocycles. The molecule has 3 atom stereocenters. The van der Waals surface area contributed by atoms with Gasteiger partial charge in [-0.05, 0) is 44.2 Å². The van der Waals surface area contributed by atoms with Crippen LogP contribution in [0.2, 0.25) is 0 Å². The zero-order valence-electron chi connectivity index (χ0n) is 19.9. The van der Waals surface area contributed by atoms with E-state index in [4.69, 9.17) is 9.47 Å². The maximum Gasteiger partial charge on any atom is 0.151 e. The van der Waals surface area contributed by atoms with Crippen molar-refractivity contribution in [3.8, 4) is 5.75 Å². The third-order valence-electron chi connectivity index (χ3n) is 6.67. The van der Waals surface area contributed by atoms with Crippen molar-refractivity contribution in [2.45, 2.75) is 56.5 Å². The lowest BCUT2D eigenvalue weighted by atomic mass is 9.95. The van der Waals surface area contributed by atoms with E-state index in [0.29, 0.717) is 42.4 Å². The summed E-state index contributed by atoms with van der Waals surface area (Å²) in [7, 11) is -3.23. The fourth-order valence-corrected chi connectivity index (χ4v) is 6.98. The Hall–Kier alpha value is -1.61. The molecule has 2 fully saturated rings. The maximum atomic E-state index is 15.1. The molecule has 0 amide bonds. The monoisotopic (exact) mass is 507 g/mol. The highest BCUT2D eigenvalue weighted by atomic mass is 32.2. The third-order valence-corrected chi connectivity index (χ3v) is 9.13. The number of hydrogen-bond donors (Lipinski definition) is 0. The van der Waals surface area contributed by atoms with E-state index in [1.54, 1.807) is 24.1 Å². The van der Waals surface area contributed by atoms with Gasteiger partial charge in [0.1, 0.15) is 17.7 Å². The number of nitrogens with zero attached hydrogens (tertiary/aromatic N) is 1. The standard InChI is InChI=1S/C26H34FNO4S2/c1-19-8-11-26(21-6-4-3-5-7-21)33-28(19)17-22-9-10-23(16-24(22)27)32-25(18-34(2,29)30)20-12-14-31-15-13-20/h3-7,9-10,16,19-20,25-26H,8,11-15,17-18H2,1-2H3/t19-,25?,26+/m0/s1. The summed E-state index contributed by atoms with van der Waals surface area (Å²) in [6.45, 7) is 3.88. The topological polar surface area (TPSA) is 55.8 Å². The van der Waals surface area contributed by atoms with Crippen molar-refractivity contribution in [2.75, 3.05) is 25.2 Å². The molecule has 0 aromatic heterocycles. The van der Waals surface area contributed by atoms with Crippen molar-refractivity contribution in [1.82, 2.24) is 4.31 Å². The second-order valence-corrected chi connectivity index (χ2v) is 12.9. The van der Waals surface area contributed by atoms with Gasteiger partial charge in [0.15, 0.2) is 9.84 Å². The summed E-state index contributed by atoms with van der Waals surface area (Å²) < 4.78 is 52.8. The van der Waals surface area contributed by atoms with Crippen LogP contribution in [0.15, 0.2) is 48.5 Å². The van der Waals surface area contributed by atoms with E-state index in [9.17, 15) is 8.42 Å². The molecule has 5 nitrogen and oxygen atoms in total. The minimum Gasteiger partial charge on any atom is -0.489 e. The molecule has 0 aliphatic carbocycles. The fraction of sp³-hybridized carbons (Fsp3) is 0.538. The quantitative estimate of drug-likeness (QED) is 0.445. The molecule has 0 N–H and O–H groups in total. The van der Waals surface area contributed by atoms with Crippen LogP contribution < -0.4 is 4.74 Å². The second kappa shape index (κ2) is 11.4. The summed E-state index contributed by atoms with van der Waals surface area (Å²) in [5.41, 5.74) is 1.92. The van der Waals surface area contributed by atoms with Gasteiger partial charge in [0.05, 0.1) is 5.75 Å². The van der Waals surface area contributed by atoms with Crippen molar-refractivity contribution in [3.05, 3.63) is 65.5 Å². The molecule has 8 heteroatoms. The van der Waals surface area contributed by atoms with Gasteiger partial charge in [0.25, 0.3) is 0 Å². The Bertz CT molecular complexity index is 1040. The van der Waals surface area contributed by atoms with Gasteiger partial charge < -0.3 is 9.47 Å². The van der Waals surface area contributed by atoms with Crippen LogP contribution in [0.4, 0.5) is 4.39 Å². The Balaban J connectivity index is 1.44. The van der Waals surface area contributed by atoms with Crippen LogP contribution in [0, 0.1) is 11.7 Å². The van der Waals surface area contributed by atoms with Gasteiger partial charge in [-0.2, -0.15) is 0 Å². The van der Waals surface area contributed by atoms with Crippen LogP contribution in [-0.2, 0) is 21.1 Å². The minimum atomic E-state index is -3.23. The molecular weight excluding hydrogens is 473 g/mol. The molecule has 2 saturated heterocycles. The lowest BCUT2D eigenvalue weighted by Crippen LogP contribution is -2.37. The van der Waals surface area contributed by atoms with Crippen molar-refractivity contribution < 1.29 is 22.3 Å². The summed E-state index contributed by atoms with van der Waals surface area (Å²) >= 11 is 1.79. The Labute approximate surface area is 207 Å². The normalized spacial score (nSPS) is 23.5. The summed E-state index contributed by atoms with van der Waals surface area (Å²) in [5.74, 6) is 0.0518. The van der Waals surface area contributed by atoms with Gasteiger partial charge in [-0.25, -0.2) is 17.1 Å². The lowest BCUT2D eigenvalue weighted by Gasteiger charge is -2.37. The van der Waals surface area contributed by atoms with E-state index in [1.165, 1.54) is 17.9 Å². The Morgan fingerprint density at radius 1 is 1.12 bits per heavy atom. The predicted molar refractivity (Wildman–Crippen MR) is 135 cm³/mol. The zero-order valence-corrected chi connectivity index (χ0v) is 21.5. The van der Waals surface area contributed by atoms with E-state index >= 15 is 4.39 Å². The summed E-state index contributed by atoms with van der Waals surface area (Å²) in [6.07, 6.45) is 4.37. The number of benzene rings is 2. The van der Waals surface area contributed by atoms with Crippen molar-refractivity contribution >= 4 is 21.8 Å². The van der Waals surface area contributed by atoms with E-state index in [0.717, 1.165) is 25.7 Å². The number of sulfone groups is 1. The SMILES string of the molecule is C[C@H]1CC[C@H](c2ccccc2)SN1Cc1ccc(OC(CS(C)(=O)=O)C2CCOCC2)cc1F. The lowest BCUT2D eigenvalue weighted by molar-refractivity contribution is 0.0248. The zero-order chi connectivity index (χ0) is 24.1. The molecule has 1 unspecified atom stereocenters. The maximum absolute atomic E-state index is 15.1. The molecule has 0 spiro atoms. The van der Waals surface area contributed by atoms with Crippen molar-refractivity contribution in [1.29, 1.82) is 0 Å². The molecule has 2 aliphatic heterocycles. The molecule has 0 bridgehead atoms. The molecule has 4 rings (SSSR count). The first-order chi connectivity index (χ1) is 16.3. The fourth-order valence-electron chi connectivity index (χ4n) is 4.67. The Morgan fingerprint density at radius 3 is 2.53 bits per heavy atom. The summed E-state index contributed by atoms with van der Waals surface area (Å²) in [5, 5.41) is 0.374. The van der Waals surface area contributed by atoms with Gasteiger partial charge >= 0.3 is 0 Å². The minimum absolute atomic E-state index is 0.0757. The highest BCUT2D eigenvalue weighted by Crippen LogP contribution is 2.43. The number of halogens is 1. The van der Waals surface area contributed by atoms with E-state index in [2.05, 4.69) is 35.5 Å². The van der Waals surface area contributed by atoms with E-state index in [-0.39, 0.29) is 17.5 Å². The van der Waals surface area contributed by atoms with E-state index < -0.39 is 15.9 Å². The predicted octanol–water partition coefficient (Wildman–Crippen LogP) is 5.42. The largest absolute Gasteiger partial charge is 0.489 e. The first kappa shape index (κ1) is 25.5. The molecule has 186 valence electrons. The third kappa shape index (κ3) is 6.97. The second-order valence-electron chi connectivity index (χ2n) is 9.46. The smallest absolute Gasteiger partial charge is 0.151 e. The van der Waals surface area contributed by atoms with Crippen LogP contribution in [0.25, 0.3) is 0 Å². The van der Waals surface area contributed by atoms with Crippen LogP contribution in [0.5, 0.6) is 5.75 Å². The van der Waals surface area contributed by atoms with Gasteiger partial charge in [0, 0.05) is 54.9 Å². The number of hydrogen-bond acceptors (Lipinski definition) is 6. The average molecular weight is 508 g/mol.